The first-order valence-electron chi connectivity index (χ1n) is 4.81. The topological polar surface area (TPSA) is 37.8 Å². The fourth-order valence-corrected chi connectivity index (χ4v) is 2.55. The highest BCUT2D eigenvalue weighted by Gasteiger charge is 2.17. The minimum Gasteiger partial charge on any atom is -0.306 e. The van der Waals surface area contributed by atoms with Crippen LogP contribution >= 0.6 is 11.3 Å². The maximum absolute atomic E-state index is 4.28. The van der Waals surface area contributed by atoms with Gasteiger partial charge in [-0.2, -0.15) is 0 Å². The Kier molecular flexibility index (Phi) is 3.08. The molecule has 2 aromatic rings. The Morgan fingerprint density at radius 2 is 2.07 bits per heavy atom. The predicted octanol–water partition coefficient (Wildman–Crippen LogP) is 2.16. The van der Waals surface area contributed by atoms with E-state index in [-0.39, 0.29) is 6.04 Å². The van der Waals surface area contributed by atoms with E-state index in [0.717, 1.165) is 5.82 Å². The lowest BCUT2D eigenvalue weighted by Crippen LogP contribution is -2.19. The number of aryl methyl sites for hydroxylation is 1. The average molecular weight is 219 g/mol. The summed E-state index contributed by atoms with van der Waals surface area (Å²) in [5.41, 5.74) is 1.28. The third-order valence-electron chi connectivity index (χ3n) is 2.30. The molecule has 0 aromatic carbocycles. The third kappa shape index (κ3) is 2.06. The van der Waals surface area contributed by atoms with Gasteiger partial charge >= 0.3 is 0 Å². The van der Waals surface area contributed by atoms with Crippen molar-refractivity contribution in [3.8, 4) is 0 Å². The molecule has 15 heavy (non-hydrogen) atoms. The zero-order chi connectivity index (χ0) is 10.7. The highest BCUT2D eigenvalue weighted by atomic mass is 32.1. The van der Waals surface area contributed by atoms with Gasteiger partial charge < -0.3 is 5.32 Å². The summed E-state index contributed by atoms with van der Waals surface area (Å²) >= 11 is 1.73. The Balaban J connectivity index is 2.37. The standard InChI is InChI=1S/C11H13N3S/c1-8-4-7-15-10(8)9(12-2)11-13-5-3-6-14-11/h3-7,9,12H,1-2H3. The molecule has 0 fully saturated rings. The maximum atomic E-state index is 4.28. The molecule has 1 atom stereocenters. The molecule has 2 aromatic heterocycles. The SMILES string of the molecule is CNC(c1ncccn1)c1sccc1C. The van der Waals surface area contributed by atoms with Crippen LogP contribution in [-0.4, -0.2) is 17.0 Å². The number of nitrogens with one attached hydrogen (secondary N) is 1. The van der Waals surface area contributed by atoms with Crippen LogP contribution in [0.4, 0.5) is 0 Å². The molecule has 0 saturated carbocycles. The van der Waals surface area contributed by atoms with Gasteiger partial charge in [-0.15, -0.1) is 11.3 Å². The Bertz CT molecular complexity index is 424. The van der Waals surface area contributed by atoms with Gasteiger partial charge in [0.1, 0.15) is 11.9 Å². The van der Waals surface area contributed by atoms with Gasteiger partial charge in [0.2, 0.25) is 0 Å². The molecule has 0 saturated heterocycles. The van der Waals surface area contributed by atoms with Crippen molar-refractivity contribution >= 4 is 11.3 Å². The van der Waals surface area contributed by atoms with Crippen molar-refractivity contribution in [3.63, 3.8) is 0 Å². The average Bonchev–Trinajstić information content (AvgIpc) is 2.68. The summed E-state index contributed by atoms with van der Waals surface area (Å²) in [6.45, 7) is 2.11. The summed E-state index contributed by atoms with van der Waals surface area (Å²) in [5.74, 6) is 0.825. The van der Waals surface area contributed by atoms with Gasteiger partial charge in [-0.25, -0.2) is 9.97 Å². The van der Waals surface area contributed by atoms with Crippen LogP contribution in [0.25, 0.3) is 0 Å². The second-order valence-electron chi connectivity index (χ2n) is 3.30. The van der Waals surface area contributed by atoms with E-state index < -0.39 is 0 Å². The van der Waals surface area contributed by atoms with Crippen LogP contribution in [0.1, 0.15) is 22.3 Å². The minimum atomic E-state index is 0.103. The van der Waals surface area contributed by atoms with E-state index in [0.29, 0.717) is 0 Å². The van der Waals surface area contributed by atoms with E-state index in [4.69, 9.17) is 0 Å². The van der Waals surface area contributed by atoms with Gasteiger partial charge in [-0.3, -0.25) is 0 Å². The molecule has 3 nitrogen and oxygen atoms in total. The van der Waals surface area contributed by atoms with Gasteiger partial charge in [0.15, 0.2) is 0 Å². The van der Waals surface area contributed by atoms with E-state index in [9.17, 15) is 0 Å². The van der Waals surface area contributed by atoms with Crippen LogP contribution in [0.5, 0.6) is 0 Å². The zero-order valence-electron chi connectivity index (χ0n) is 8.77. The number of hydrogen-bond acceptors (Lipinski definition) is 4. The first-order chi connectivity index (χ1) is 7.33. The molecule has 4 heteroatoms. The van der Waals surface area contributed by atoms with Gasteiger partial charge in [0.25, 0.3) is 0 Å². The third-order valence-corrected chi connectivity index (χ3v) is 3.38. The molecular formula is C11H13N3S. The first kappa shape index (κ1) is 10.3. The van der Waals surface area contributed by atoms with Gasteiger partial charge in [0.05, 0.1) is 0 Å². The fourth-order valence-electron chi connectivity index (χ4n) is 1.52. The lowest BCUT2D eigenvalue weighted by molar-refractivity contribution is 0.653. The highest BCUT2D eigenvalue weighted by Crippen LogP contribution is 2.26. The number of rotatable bonds is 3. The molecule has 1 unspecified atom stereocenters. The van der Waals surface area contributed by atoms with Crippen molar-refractivity contribution in [2.24, 2.45) is 0 Å². The van der Waals surface area contributed by atoms with E-state index >= 15 is 0 Å². The lowest BCUT2D eigenvalue weighted by atomic mass is 10.1. The van der Waals surface area contributed by atoms with E-state index in [1.165, 1.54) is 10.4 Å². The normalized spacial score (nSPS) is 12.7. The smallest absolute Gasteiger partial charge is 0.150 e. The molecule has 0 spiro atoms. The summed E-state index contributed by atoms with van der Waals surface area (Å²) in [5, 5.41) is 5.34. The van der Waals surface area contributed by atoms with E-state index in [1.54, 1.807) is 23.7 Å². The molecule has 78 valence electrons. The molecule has 2 heterocycles. The molecule has 2 rings (SSSR count). The molecular weight excluding hydrogens is 206 g/mol. The molecule has 0 radical (unpaired) electrons. The molecule has 0 aliphatic carbocycles. The minimum absolute atomic E-state index is 0.103. The molecule has 0 bridgehead atoms. The zero-order valence-corrected chi connectivity index (χ0v) is 9.58. The van der Waals surface area contributed by atoms with Crippen LogP contribution in [0, 0.1) is 6.92 Å². The summed E-state index contributed by atoms with van der Waals surface area (Å²) < 4.78 is 0. The Morgan fingerprint density at radius 1 is 1.33 bits per heavy atom. The van der Waals surface area contributed by atoms with Crippen LogP contribution in [0.15, 0.2) is 29.9 Å². The van der Waals surface area contributed by atoms with Crippen molar-refractivity contribution in [3.05, 3.63) is 46.2 Å². The van der Waals surface area contributed by atoms with Crippen molar-refractivity contribution < 1.29 is 0 Å². The number of hydrogen-bond donors (Lipinski definition) is 1. The van der Waals surface area contributed by atoms with E-state index in [1.807, 2.05) is 13.1 Å². The van der Waals surface area contributed by atoms with E-state index in [2.05, 4.69) is 33.7 Å². The molecule has 0 aliphatic heterocycles. The Hall–Kier alpha value is -1.26. The van der Waals surface area contributed by atoms with Crippen molar-refractivity contribution in [2.45, 2.75) is 13.0 Å². The predicted molar refractivity (Wildman–Crippen MR) is 62.0 cm³/mol. The van der Waals surface area contributed by atoms with Gasteiger partial charge in [0, 0.05) is 17.3 Å². The van der Waals surface area contributed by atoms with Crippen LogP contribution in [0.3, 0.4) is 0 Å². The van der Waals surface area contributed by atoms with Crippen molar-refractivity contribution in [2.75, 3.05) is 7.05 Å². The molecule has 0 amide bonds. The number of thiophene rings is 1. The summed E-state index contributed by atoms with van der Waals surface area (Å²) in [4.78, 5) is 9.84. The largest absolute Gasteiger partial charge is 0.306 e. The van der Waals surface area contributed by atoms with Crippen molar-refractivity contribution in [1.82, 2.24) is 15.3 Å². The maximum Gasteiger partial charge on any atom is 0.150 e. The van der Waals surface area contributed by atoms with Crippen LogP contribution < -0.4 is 5.32 Å². The second-order valence-corrected chi connectivity index (χ2v) is 4.24. The quantitative estimate of drug-likeness (QED) is 0.859. The summed E-state index contributed by atoms with van der Waals surface area (Å²) in [6.07, 6.45) is 3.55. The fraction of sp³-hybridized carbons (Fsp3) is 0.273. The number of nitrogens with zero attached hydrogens (tertiary/aromatic N) is 2. The number of aromatic nitrogens is 2. The molecule has 0 aliphatic rings. The second kappa shape index (κ2) is 4.51. The lowest BCUT2D eigenvalue weighted by Gasteiger charge is -2.13. The van der Waals surface area contributed by atoms with Crippen LogP contribution in [0.2, 0.25) is 0 Å². The van der Waals surface area contributed by atoms with Crippen LogP contribution in [-0.2, 0) is 0 Å². The van der Waals surface area contributed by atoms with Crippen molar-refractivity contribution in [1.29, 1.82) is 0 Å². The monoisotopic (exact) mass is 219 g/mol. The Morgan fingerprint density at radius 3 is 2.60 bits per heavy atom. The van der Waals surface area contributed by atoms with Gasteiger partial charge in [-0.1, -0.05) is 0 Å². The Labute approximate surface area is 93.2 Å². The molecule has 1 N–H and O–H groups in total. The highest BCUT2D eigenvalue weighted by molar-refractivity contribution is 7.10. The summed E-state index contributed by atoms with van der Waals surface area (Å²) in [7, 11) is 1.93. The van der Waals surface area contributed by atoms with Gasteiger partial charge in [-0.05, 0) is 37.0 Å². The first-order valence-corrected chi connectivity index (χ1v) is 5.69. The summed E-state index contributed by atoms with van der Waals surface area (Å²) in [6, 6.07) is 4.05.